The smallest absolute Gasteiger partial charge is 0.255 e. The van der Waals surface area contributed by atoms with E-state index in [-0.39, 0.29) is 33.8 Å². The maximum Gasteiger partial charge on any atom is 0.255 e. The van der Waals surface area contributed by atoms with Gasteiger partial charge in [-0.2, -0.15) is 5.10 Å². The van der Waals surface area contributed by atoms with Crippen LogP contribution in [-0.2, 0) is 0 Å². The van der Waals surface area contributed by atoms with Crippen LogP contribution in [0.4, 0.5) is 18.9 Å². The Bertz CT molecular complexity index is 1470. The van der Waals surface area contributed by atoms with Crippen molar-refractivity contribution in [3.8, 4) is 17.0 Å². The minimum absolute atomic E-state index is 0.0222. The number of halogens is 4. The lowest BCUT2D eigenvalue weighted by Gasteiger charge is -2.27. The van der Waals surface area contributed by atoms with Crippen molar-refractivity contribution in [2.75, 3.05) is 25.6 Å². The maximum atomic E-state index is 14.6. The molecular weight excluding hydrogens is 481 g/mol. The zero-order chi connectivity index (χ0) is 24.9. The van der Waals surface area contributed by atoms with E-state index in [1.807, 2.05) is 24.3 Å². The van der Waals surface area contributed by atoms with Gasteiger partial charge in [0.15, 0.2) is 11.6 Å². The molecule has 0 spiro atoms. The number of nitrogens with one attached hydrogen (secondary N) is 1. The van der Waals surface area contributed by atoms with Crippen LogP contribution in [0.5, 0.6) is 5.75 Å². The Kier molecular flexibility index (Phi) is 5.80. The number of hydrogen-bond acceptors (Lipinski definition) is 4. The number of amides is 1. The molecule has 2 aromatic heterocycles. The number of carbonyl (C=O) groups excluding carboxylic acids is 1. The quantitative estimate of drug-likeness (QED) is 0.382. The summed E-state index contributed by atoms with van der Waals surface area (Å²) in [5.74, 6) is -3.19. The summed E-state index contributed by atoms with van der Waals surface area (Å²) in [7, 11) is 3.47. The Labute approximate surface area is 203 Å². The van der Waals surface area contributed by atoms with Gasteiger partial charge < -0.3 is 15.0 Å². The number of nitrogens with zero attached hydrogens (tertiary/aromatic N) is 3. The topological polar surface area (TPSA) is 58.9 Å². The van der Waals surface area contributed by atoms with Crippen molar-refractivity contribution < 1.29 is 22.7 Å². The minimum atomic E-state index is -1.34. The van der Waals surface area contributed by atoms with E-state index in [1.165, 1.54) is 16.8 Å². The van der Waals surface area contributed by atoms with Gasteiger partial charge in [0.05, 0.1) is 46.3 Å². The first-order valence-electron chi connectivity index (χ1n) is 10.8. The fourth-order valence-electron chi connectivity index (χ4n) is 4.41. The van der Waals surface area contributed by atoms with Crippen molar-refractivity contribution in [2.45, 2.75) is 12.5 Å². The molecule has 0 bridgehead atoms. The molecule has 0 radical (unpaired) electrons. The molecule has 0 saturated carbocycles. The highest BCUT2D eigenvalue weighted by Crippen LogP contribution is 2.38. The lowest BCUT2D eigenvalue weighted by atomic mass is 10.00. The van der Waals surface area contributed by atoms with Gasteiger partial charge in [-0.1, -0.05) is 29.8 Å². The van der Waals surface area contributed by atoms with E-state index in [0.29, 0.717) is 30.3 Å². The number of fused-ring (bicyclic) bond motifs is 2. The molecule has 10 heteroatoms. The van der Waals surface area contributed by atoms with Crippen molar-refractivity contribution in [2.24, 2.45) is 0 Å². The molecule has 2 aromatic carbocycles. The fraction of sp³-hybridized carbons (Fsp3) is 0.200. The van der Waals surface area contributed by atoms with Crippen LogP contribution in [0.15, 0.2) is 48.7 Å². The molecule has 1 N–H and O–H groups in total. The molecule has 35 heavy (non-hydrogen) atoms. The van der Waals surface area contributed by atoms with Crippen LogP contribution >= 0.6 is 11.6 Å². The van der Waals surface area contributed by atoms with Gasteiger partial charge in [-0.3, -0.25) is 4.79 Å². The van der Waals surface area contributed by atoms with E-state index < -0.39 is 17.5 Å². The molecule has 1 aliphatic rings. The van der Waals surface area contributed by atoms with E-state index >= 15 is 0 Å². The Morgan fingerprint density at radius 2 is 1.97 bits per heavy atom. The number of anilines is 1. The first kappa shape index (κ1) is 23.0. The molecule has 1 aliphatic heterocycles. The Morgan fingerprint density at radius 1 is 1.20 bits per heavy atom. The number of hydrogen-bond donors (Lipinski definition) is 1. The molecule has 0 unspecified atom stereocenters. The monoisotopic (exact) mass is 500 g/mol. The lowest BCUT2D eigenvalue weighted by Crippen LogP contribution is -2.33. The summed E-state index contributed by atoms with van der Waals surface area (Å²) in [6.45, 7) is 0.465. The molecule has 6 nitrogen and oxygen atoms in total. The van der Waals surface area contributed by atoms with Crippen LogP contribution in [0.2, 0.25) is 5.02 Å². The van der Waals surface area contributed by atoms with Crippen LogP contribution in [0.1, 0.15) is 28.4 Å². The van der Waals surface area contributed by atoms with Crippen molar-refractivity contribution >= 4 is 28.7 Å². The summed E-state index contributed by atoms with van der Waals surface area (Å²) in [5.41, 5.74) is 1.58. The molecular formula is C25H20ClF3N4O2. The predicted molar refractivity (Wildman–Crippen MR) is 127 cm³/mol. The molecule has 0 saturated heterocycles. The molecule has 0 aliphatic carbocycles. The zero-order valence-corrected chi connectivity index (χ0v) is 19.5. The van der Waals surface area contributed by atoms with Gasteiger partial charge in [-0.05, 0) is 18.2 Å². The third-order valence-corrected chi connectivity index (χ3v) is 6.22. The average Bonchev–Trinajstić information content (AvgIpc) is 3.16. The normalized spacial score (nSPS) is 15.0. The summed E-state index contributed by atoms with van der Waals surface area (Å²) in [4.78, 5) is 15.1. The van der Waals surface area contributed by atoms with Crippen LogP contribution < -0.4 is 15.0 Å². The zero-order valence-electron chi connectivity index (χ0n) is 18.8. The Balaban J connectivity index is 1.60. The van der Waals surface area contributed by atoms with Crippen molar-refractivity contribution in [1.29, 1.82) is 0 Å². The van der Waals surface area contributed by atoms with Crippen LogP contribution in [0, 0.1) is 17.5 Å². The maximum absolute atomic E-state index is 14.6. The summed E-state index contributed by atoms with van der Waals surface area (Å²) < 4.78 is 49.3. The van der Waals surface area contributed by atoms with Gasteiger partial charge in [0.1, 0.15) is 11.6 Å². The van der Waals surface area contributed by atoms with Crippen molar-refractivity contribution in [1.82, 2.24) is 14.9 Å². The molecule has 1 amide bonds. The van der Waals surface area contributed by atoms with Crippen molar-refractivity contribution in [3.05, 3.63) is 82.3 Å². The first-order chi connectivity index (χ1) is 16.8. The number of carbonyl (C=O) groups is 1. The summed E-state index contributed by atoms with van der Waals surface area (Å²) in [6.07, 6.45) is 1.93. The third kappa shape index (κ3) is 3.95. The van der Waals surface area contributed by atoms with Gasteiger partial charge >= 0.3 is 0 Å². The summed E-state index contributed by atoms with van der Waals surface area (Å²) in [5, 5.41) is 7.36. The minimum Gasteiger partial charge on any atom is -0.493 e. The summed E-state index contributed by atoms with van der Waals surface area (Å²) in [6, 6.07) is 10.0. The average molecular weight is 501 g/mol. The Hall–Kier alpha value is -3.72. The van der Waals surface area contributed by atoms with E-state index in [9.17, 15) is 18.0 Å². The van der Waals surface area contributed by atoms with E-state index in [0.717, 1.165) is 17.4 Å². The van der Waals surface area contributed by atoms with Gasteiger partial charge in [0, 0.05) is 37.7 Å². The largest absolute Gasteiger partial charge is 0.493 e. The molecule has 4 aromatic rings. The van der Waals surface area contributed by atoms with Gasteiger partial charge in [-0.15, -0.1) is 0 Å². The Morgan fingerprint density at radius 3 is 2.74 bits per heavy atom. The van der Waals surface area contributed by atoms with Gasteiger partial charge in [0.25, 0.3) is 5.91 Å². The molecule has 1 atom stereocenters. The molecule has 0 fully saturated rings. The van der Waals surface area contributed by atoms with E-state index in [4.69, 9.17) is 16.3 Å². The van der Waals surface area contributed by atoms with Gasteiger partial charge in [-0.25, -0.2) is 17.7 Å². The fourth-order valence-corrected chi connectivity index (χ4v) is 4.69. The van der Waals surface area contributed by atoms with Crippen molar-refractivity contribution in [3.63, 3.8) is 0 Å². The number of ether oxygens (including phenoxy) is 1. The number of rotatable bonds is 4. The highest BCUT2D eigenvalue weighted by molar-refractivity contribution is 6.34. The SMILES string of the molecule is CN(C)c1c(C(=O)N[C@H]2CCOc3ccccc32)cnn2c(-c3cc(F)cc(F)c3F)c(Cl)cc12. The second-order valence-electron chi connectivity index (χ2n) is 8.39. The van der Waals surface area contributed by atoms with Crippen LogP contribution in [0.3, 0.4) is 0 Å². The molecule has 3 heterocycles. The molecule has 180 valence electrons. The second-order valence-corrected chi connectivity index (χ2v) is 8.80. The van der Waals surface area contributed by atoms with Crippen LogP contribution in [-0.4, -0.2) is 36.2 Å². The van der Waals surface area contributed by atoms with Gasteiger partial charge in [0.2, 0.25) is 0 Å². The standard InChI is InChI=1S/C25H20ClF3N4O2/c1-32(2)24-16(25(34)31-19-7-8-35-21-6-4-3-5-14(19)21)12-30-33-20(24)11-17(26)23(33)15-9-13(27)10-18(28)22(15)29/h3-6,9-12,19H,7-8H2,1-2H3,(H,31,34)/t19-/m0/s1. The first-order valence-corrected chi connectivity index (χ1v) is 11.2. The predicted octanol–water partition coefficient (Wildman–Crippen LogP) is 5.39. The molecule has 5 rings (SSSR count). The highest BCUT2D eigenvalue weighted by Gasteiger charge is 2.27. The third-order valence-electron chi connectivity index (χ3n) is 5.93. The number of para-hydroxylation sites is 1. The van der Waals surface area contributed by atoms with E-state index in [2.05, 4.69) is 10.4 Å². The second kappa shape index (κ2) is 8.81. The highest BCUT2D eigenvalue weighted by atomic mass is 35.5. The summed E-state index contributed by atoms with van der Waals surface area (Å²) >= 11 is 6.39. The number of aromatic nitrogens is 2. The van der Waals surface area contributed by atoms with E-state index in [1.54, 1.807) is 19.0 Å². The number of benzene rings is 2. The van der Waals surface area contributed by atoms with Crippen LogP contribution in [0.25, 0.3) is 16.8 Å². The lowest BCUT2D eigenvalue weighted by molar-refractivity contribution is 0.0925.